The molecule has 0 spiro atoms. The van der Waals surface area contributed by atoms with Crippen LogP contribution < -0.4 is 5.26 Å². The van der Waals surface area contributed by atoms with Gasteiger partial charge < -0.3 is 15.1 Å². The number of rotatable bonds is 7. The number of aliphatic hydroxyl groups excluding tert-OH is 1. The van der Waals surface area contributed by atoms with Crippen LogP contribution in [-0.2, 0) is 18.9 Å². The molecule has 4 fully saturated rings. The Balaban J connectivity index is 1.70. The van der Waals surface area contributed by atoms with E-state index < -0.39 is 34.6 Å². The van der Waals surface area contributed by atoms with Gasteiger partial charge in [0.25, 0.3) is 0 Å². The standard InChI is InChI=1S/C15H20F4O6S/c16-14(15(17,18)19,26-25-24-22)11(21)23-8-13-4-9-1-10(5-13)3-12(2-9,6-13)7-20/h9-10,20,22H,1-8H2/p-1. The van der Waals surface area contributed by atoms with Crippen LogP contribution in [-0.4, -0.2) is 35.5 Å². The highest BCUT2D eigenvalue weighted by Crippen LogP contribution is 2.65. The zero-order valence-corrected chi connectivity index (χ0v) is 14.5. The van der Waals surface area contributed by atoms with Crippen LogP contribution >= 0.6 is 12.0 Å². The molecule has 3 unspecified atom stereocenters. The van der Waals surface area contributed by atoms with Crippen LogP contribution in [0.1, 0.15) is 38.5 Å². The van der Waals surface area contributed by atoms with Gasteiger partial charge in [-0.25, -0.2) is 9.18 Å². The lowest BCUT2D eigenvalue weighted by molar-refractivity contribution is -0.777. The van der Waals surface area contributed by atoms with E-state index in [0.717, 1.165) is 19.3 Å². The van der Waals surface area contributed by atoms with Gasteiger partial charge in [0.05, 0.1) is 18.6 Å². The van der Waals surface area contributed by atoms with Crippen LogP contribution in [0.5, 0.6) is 0 Å². The molecule has 4 saturated carbocycles. The quantitative estimate of drug-likeness (QED) is 0.229. The van der Waals surface area contributed by atoms with Gasteiger partial charge in [0.2, 0.25) is 0 Å². The highest BCUT2D eigenvalue weighted by atomic mass is 32.2. The number of aliphatic hydroxyl groups is 1. The molecule has 0 heterocycles. The molecule has 3 atom stereocenters. The first-order chi connectivity index (χ1) is 12.1. The van der Waals surface area contributed by atoms with E-state index in [4.69, 9.17) is 4.74 Å². The second-order valence-corrected chi connectivity index (χ2v) is 8.87. The van der Waals surface area contributed by atoms with Crippen LogP contribution in [0, 0.1) is 22.7 Å². The van der Waals surface area contributed by atoms with Crippen molar-refractivity contribution >= 4 is 18.0 Å². The Morgan fingerprint density at radius 2 is 1.73 bits per heavy atom. The molecule has 26 heavy (non-hydrogen) atoms. The molecule has 4 rings (SSSR count). The van der Waals surface area contributed by atoms with Gasteiger partial charge in [-0.1, -0.05) is 0 Å². The Morgan fingerprint density at radius 1 is 1.15 bits per heavy atom. The van der Waals surface area contributed by atoms with Gasteiger partial charge in [0.1, 0.15) is 0 Å². The third-order valence-electron chi connectivity index (χ3n) is 5.95. The fourth-order valence-electron chi connectivity index (χ4n) is 5.57. The van der Waals surface area contributed by atoms with E-state index in [1.165, 1.54) is 0 Å². The smallest absolute Gasteiger partial charge is 0.446 e. The highest BCUT2D eigenvalue weighted by Gasteiger charge is 2.66. The van der Waals surface area contributed by atoms with Gasteiger partial charge in [-0.05, 0) is 55.8 Å². The number of carbonyl (C=O) groups excluding carboxylic acids is 1. The lowest BCUT2D eigenvalue weighted by Gasteiger charge is -2.61. The number of hydrogen-bond acceptors (Lipinski definition) is 7. The number of ether oxygens (including phenoxy) is 1. The molecule has 0 aromatic carbocycles. The molecule has 4 aliphatic carbocycles. The van der Waals surface area contributed by atoms with Crippen LogP contribution in [0.3, 0.4) is 0 Å². The molecular formula is C15H19F4O6S-. The first kappa shape index (κ1) is 20.1. The third kappa shape index (κ3) is 3.44. The second-order valence-electron chi connectivity index (χ2n) is 8.01. The predicted molar refractivity (Wildman–Crippen MR) is 77.2 cm³/mol. The highest BCUT2D eigenvalue weighted by molar-refractivity contribution is 7.96. The van der Waals surface area contributed by atoms with E-state index in [2.05, 4.69) is 9.37 Å². The average molecular weight is 403 g/mol. The number of halogens is 4. The Morgan fingerprint density at radius 3 is 2.23 bits per heavy atom. The molecule has 4 aliphatic rings. The van der Waals surface area contributed by atoms with Crippen LogP contribution in [0.2, 0.25) is 0 Å². The van der Waals surface area contributed by atoms with Crippen molar-refractivity contribution in [3.8, 4) is 0 Å². The number of carbonyl (C=O) groups is 1. The van der Waals surface area contributed by atoms with Crippen LogP contribution in [0.15, 0.2) is 0 Å². The minimum Gasteiger partial charge on any atom is -0.691 e. The van der Waals surface area contributed by atoms with Crippen molar-refractivity contribution in [2.75, 3.05) is 13.2 Å². The second kappa shape index (κ2) is 6.77. The summed E-state index contributed by atoms with van der Waals surface area (Å²) in [6.45, 7) is -0.378. The minimum absolute atomic E-state index is 0.0180. The summed E-state index contributed by atoms with van der Waals surface area (Å²) in [6, 6.07) is 0. The molecule has 11 heteroatoms. The monoisotopic (exact) mass is 403 g/mol. The Hall–Kier alpha value is -0.620. The van der Waals surface area contributed by atoms with Crippen molar-refractivity contribution in [3.63, 3.8) is 0 Å². The summed E-state index contributed by atoms with van der Waals surface area (Å²) in [5.41, 5.74) is -0.836. The van der Waals surface area contributed by atoms with E-state index >= 15 is 0 Å². The number of hydrogen-bond donors (Lipinski definition) is 1. The molecule has 0 radical (unpaired) electrons. The van der Waals surface area contributed by atoms with Gasteiger partial charge in [-0.3, -0.25) is 5.04 Å². The molecule has 0 amide bonds. The zero-order valence-electron chi connectivity index (χ0n) is 13.7. The van der Waals surface area contributed by atoms with Crippen molar-refractivity contribution in [1.29, 1.82) is 0 Å². The third-order valence-corrected chi connectivity index (χ3v) is 6.70. The summed E-state index contributed by atoms with van der Waals surface area (Å²) in [5.74, 6) is -1.53. The summed E-state index contributed by atoms with van der Waals surface area (Å²) in [5, 5.41) is 17.7. The van der Waals surface area contributed by atoms with E-state index in [-0.39, 0.29) is 18.6 Å². The van der Waals surface area contributed by atoms with Gasteiger partial charge in [-0.15, -0.1) is 0 Å². The van der Waals surface area contributed by atoms with E-state index in [1.54, 1.807) is 0 Å². The summed E-state index contributed by atoms with van der Waals surface area (Å²) in [7, 11) is 0. The lowest BCUT2D eigenvalue weighted by atomic mass is 9.44. The largest absolute Gasteiger partial charge is 0.691 e. The predicted octanol–water partition coefficient (Wildman–Crippen LogP) is 2.21. The fraction of sp³-hybridized carbons (Fsp3) is 0.933. The van der Waals surface area contributed by atoms with Gasteiger partial charge >= 0.3 is 17.1 Å². The molecular weight excluding hydrogens is 384 g/mol. The van der Waals surface area contributed by atoms with Crippen molar-refractivity contribution in [2.24, 2.45) is 22.7 Å². The summed E-state index contributed by atoms with van der Waals surface area (Å²) < 4.78 is 61.0. The SMILES string of the molecule is O=C(OCC12CC3CC(CC(CO)(C3)C1)C2)C(F)(SOO[O-])C(F)(F)F. The number of alkyl halides is 4. The van der Waals surface area contributed by atoms with Crippen molar-refractivity contribution in [3.05, 3.63) is 0 Å². The average Bonchev–Trinajstić information content (AvgIpc) is 2.55. The van der Waals surface area contributed by atoms with E-state index in [1.807, 2.05) is 0 Å². The molecule has 4 bridgehead atoms. The van der Waals surface area contributed by atoms with Crippen molar-refractivity contribution in [2.45, 2.75) is 49.7 Å². The van der Waals surface area contributed by atoms with Crippen molar-refractivity contribution in [1.82, 2.24) is 0 Å². The van der Waals surface area contributed by atoms with E-state index in [0.29, 0.717) is 31.1 Å². The number of esters is 1. The maximum atomic E-state index is 14.2. The molecule has 0 aromatic rings. The zero-order chi connectivity index (χ0) is 19.2. The molecule has 0 aromatic heterocycles. The topological polar surface area (TPSA) is 88.1 Å². The van der Waals surface area contributed by atoms with Crippen LogP contribution in [0.25, 0.3) is 0 Å². The summed E-state index contributed by atoms with van der Waals surface area (Å²) >= 11 is -1.08. The van der Waals surface area contributed by atoms with Gasteiger partial charge in [0, 0.05) is 12.0 Å². The first-order valence-corrected chi connectivity index (χ1v) is 8.99. The van der Waals surface area contributed by atoms with E-state index in [9.17, 15) is 32.7 Å². The minimum atomic E-state index is -5.65. The summed E-state index contributed by atoms with van der Waals surface area (Å²) in [4.78, 5) is 11.8. The Kier molecular flexibility index (Phi) is 5.24. The lowest BCUT2D eigenvalue weighted by Crippen LogP contribution is -2.55. The Bertz CT molecular complexity index is 545. The van der Waals surface area contributed by atoms with Gasteiger partial charge in [-0.2, -0.15) is 17.5 Å². The fourth-order valence-corrected chi connectivity index (χ4v) is 5.92. The maximum absolute atomic E-state index is 14.2. The molecule has 0 saturated heterocycles. The molecule has 150 valence electrons. The van der Waals surface area contributed by atoms with Gasteiger partial charge in [0.15, 0.2) is 0 Å². The van der Waals surface area contributed by atoms with Crippen molar-refractivity contribution < 1.29 is 46.8 Å². The maximum Gasteiger partial charge on any atom is 0.446 e. The Labute approximate surface area is 151 Å². The normalized spacial score (nSPS) is 38.2. The molecule has 0 aliphatic heterocycles. The molecule has 1 N–H and O–H groups in total. The molecule has 6 nitrogen and oxygen atoms in total. The van der Waals surface area contributed by atoms with Crippen LogP contribution in [0.4, 0.5) is 17.6 Å². The summed E-state index contributed by atoms with van der Waals surface area (Å²) in [6.07, 6.45) is -1.05. The first-order valence-electron chi connectivity index (χ1n) is 8.25.